The molecule has 2 nitrogen and oxygen atoms in total. The minimum atomic E-state index is -2.54. The Balaban J connectivity index is 2.89. The van der Waals surface area contributed by atoms with Crippen molar-refractivity contribution in [3.63, 3.8) is 0 Å². The average Bonchev–Trinajstić information content (AvgIpc) is 2.31. The van der Waals surface area contributed by atoms with Gasteiger partial charge in [0.15, 0.2) is 0 Å². The molecule has 0 radical (unpaired) electrons. The Morgan fingerprint density at radius 2 is 2.36 bits per heavy atom. The molecular weight excluding hydrogens is 159 g/mol. The molecule has 0 fully saturated rings. The van der Waals surface area contributed by atoms with Crippen molar-refractivity contribution in [2.24, 2.45) is 5.92 Å². The van der Waals surface area contributed by atoms with Gasteiger partial charge < -0.3 is 4.52 Å². The van der Waals surface area contributed by atoms with Gasteiger partial charge in [-0.3, -0.25) is 4.57 Å². The van der Waals surface area contributed by atoms with E-state index < -0.39 is 7.37 Å². The van der Waals surface area contributed by atoms with Gasteiger partial charge in [0, 0.05) is 7.11 Å². The number of hydrogen-bond acceptors (Lipinski definition) is 2. The molecule has 11 heavy (non-hydrogen) atoms. The summed E-state index contributed by atoms with van der Waals surface area (Å²) >= 11 is 0. The van der Waals surface area contributed by atoms with E-state index in [1.807, 2.05) is 6.92 Å². The lowest BCUT2D eigenvalue weighted by Crippen LogP contribution is -2.08. The van der Waals surface area contributed by atoms with Crippen LogP contribution in [0.5, 0.6) is 0 Å². The summed E-state index contributed by atoms with van der Waals surface area (Å²) in [5.74, 6) is 4.15. The fourth-order valence-electron chi connectivity index (χ4n) is 1.16. The van der Waals surface area contributed by atoms with Crippen molar-refractivity contribution in [3.05, 3.63) is 11.9 Å². The lowest BCUT2D eigenvalue weighted by atomic mass is 10.1. The Hall–Kier alpha value is -0.510. The monoisotopic (exact) mass is 170 g/mol. The lowest BCUT2D eigenvalue weighted by Gasteiger charge is -2.15. The molecule has 0 saturated carbocycles. The fraction of sp³-hybridized carbons (Fsp3) is 0.500. The number of hydrogen-bond donors (Lipinski definition) is 0. The standard InChI is InChI=1S/C8H11O2P/c1-4-8-5-6-11(9,10-3)7(8)2/h1,5-8H,2-3H3. The molecule has 0 N–H and O–H groups in total. The van der Waals surface area contributed by atoms with E-state index in [4.69, 9.17) is 10.9 Å². The molecule has 0 aromatic rings. The molecule has 3 heteroatoms. The van der Waals surface area contributed by atoms with Crippen molar-refractivity contribution < 1.29 is 9.09 Å². The summed E-state index contributed by atoms with van der Waals surface area (Å²) in [6, 6.07) is 0. The first-order valence-corrected chi connectivity index (χ1v) is 5.21. The Morgan fingerprint density at radius 3 is 2.64 bits per heavy atom. The summed E-state index contributed by atoms with van der Waals surface area (Å²) in [5.41, 5.74) is -0.0579. The third kappa shape index (κ3) is 1.27. The van der Waals surface area contributed by atoms with Crippen molar-refractivity contribution in [2.75, 3.05) is 7.11 Å². The van der Waals surface area contributed by atoms with Gasteiger partial charge in [-0.05, 0) is 5.82 Å². The third-order valence-electron chi connectivity index (χ3n) is 2.07. The topological polar surface area (TPSA) is 26.3 Å². The predicted octanol–water partition coefficient (Wildman–Crippen LogP) is 2.08. The van der Waals surface area contributed by atoms with Crippen molar-refractivity contribution in [1.82, 2.24) is 0 Å². The van der Waals surface area contributed by atoms with Crippen molar-refractivity contribution in [1.29, 1.82) is 0 Å². The predicted molar refractivity (Wildman–Crippen MR) is 45.5 cm³/mol. The van der Waals surface area contributed by atoms with Crippen molar-refractivity contribution in [3.8, 4) is 12.3 Å². The first-order chi connectivity index (χ1) is 5.14. The first kappa shape index (κ1) is 8.59. The summed E-state index contributed by atoms with van der Waals surface area (Å²) in [5, 5.41) is 0. The Kier molecular flexibility index (Phi) is 2.23. The van der Waals surface area contributed by atoms with E-state index in [1.54, 1.807) is 11.9 Å². The van der Waals surface area contributed by atoms with Crippen LogP contribution in [0.15, 0.2) is 11.9 Å². The molecule has 0 amide bonds. The molecule has 1 aliphatic rings. The zero-order valence-corrected chi connectivity index (χ0v) is 7.54. The van der Waals surface area contributed by atoms with Crippen LogP contribution < -0.4 is 0 Å². The van der Waals surface area contributed by atoms with Crippen LogP contribution >= 0.6 is 7.37 Å². The highest BCUT2D eigenvalue weighted by Crippen LogP contribution is 2.59. The second kappa shape index (κ2) is 2.85. The van der Waals surface area contributed by atoms with Gasteiger partial charge in [0.1, 0.15) is 0 Å². The van der Waals surface area contributed by atoms with Gasteiger partial charge in [0.2, 0.25) is 7.37 Å². The maximum Gasteiger partial charge on any atom is 0.228 e. The normalized spacial score (nSPS) is 42.3. The molecule has 0 spiro atoms. The quantitative estimate of drug-likeness (QED) is 0.444. The maximum absolute atomic E-state index is 11.7. The minimum Gasteiger partial charge on any atom is -0.329 e. The number of allylic oxidation sites excluding steroid dienone is 1. The van der Waals surface area contributed by atoms with Crippen molar-refractivity contribution >= 4 is 7.37 Å². The van der Waals surface area contributed by atoms with E-state index >= 15 is 0 Å². The van der Waals surface area contributed by atoms with Crippen LogP contribution in [0.3, 0.4) is 0 Å². The zero-order valence-electron chi connectivity index (χ0n) is 6.65. The summed E-state index contributed by atoms with van der Waals surface area (Å²) < 4.78 is 16.6. The van der Waals surface area contributed by atoms with Gasteiger partial charge in [-0.25, -0.2) is 0 Å². The molecule has 0 aliphatic carbocycles. The van der Waals surface area contributed by atoms with Gasteiger partial charge in [0.25, 0.3) is 0 Å². The molecule has 0 aromatic carbocycles. The molecule has 0 saturated heterocycles. The van der Waals surface area contributed by atoms with Crippen LogP contribution in [0, 0.1) is 18.3 Å². The second-order valence-corrected chi connectivity index (χ2v) is 5.37. The molecule has 0 bridgehead atoms. The molecule has 0 aromatic heterocycles. The maximum atomic E-state index is 11.7. The number of rotatable bonds is 1. The SMILES string of the molecule is C#CC1C=CP(=O)(OC)C1C. The molecule has 60 valence electrons. The first-order valence-electron chi connectivity index (χ1n) is 3.44. The van der Waals surface area contributed by atoms with E-state index in [0.29, 0.717) is 0 Å². The summed E-state index contributed by atoms with van der Waals surface area (Å²) in [6.45, 7) is 1.86. The second-order valence-electron chi connectivity index (χ2n) is 2.60. The third-order valence-corrected chi connectivity index (χ3v) is 4.68. The fourth-order valence-corrected chi connectivity index (χ4v) is 2.94. The van der Waals surface area contributed by atoms with Gasteiger partial charge in [0.05, 0.1) is 11.6 Å². The van der Waals surface area contributed by atoms with Gasteiger partial charge in [-0.2, -0.15) is 0 Å². The molecule has 1 aliphatic heterocycles. The zero-order chi connectivity index (χ0) is 8.48. The largest absolute Gasteiger partial charge is 0.329 e. The summed E-state index contributed by atoms with van der Waals surface area (Å²) in [7, 11) is -1.08. The average molecular weight is 170 g/mol. The van der Waals surface area contributed by atoms with E-state index in [-0.39, 0.29) is 11.6 Å². The highest BCUT2D eigenvalue weighted by Gasteiger charge is 2.36. The van der Waals surface area contributed by atoms with Crippen LogP contribution in [0.2, 0.25) is 0 Å². The Labute approximate surface area is 67.1 Å². The smallest absolute Gasteiger partial charge is 0.228 e. The van der Waals surface area contributed by atoms with Gasteiger partial charge in [-0.1, -0.05) is 18.9 Å². The lowest BCUT2D eigenvalue weighted by molar-refractivity contribution is 0.393. The molecule has 3 unspecified atom stereocenters. The van der Waals surface area contributed by atoms with Crippen LogP contribution in [-0.4, -0.2) is 12.8 Å². The van der Waals surface area contributed by atoms with E-state index in [9.17, 15) is 4.57 Å². The van der Waals surface area contributed by atoms with E-state index in [2.05, 4.69) is 5.92 Å². The summed E-state index contributed by atoms with van der Waals surface area (Å²) in [6.07, 6.45) is 7.01. The van der Waals surface area contributed by atoms with Gasteiger partial charge in [-0.15, -0.1) is 6.42 Å². The van der Waals surface area contributed by atoms with E-state index in [0.717, 1.165) is 0 Å². The number of terminal acetylenes is 1. The highest BCUT2D eigenvalue weighted by molar-refractivity contribution is 7.63. The van der Waals surface area contributed by atoms with Crippen LogP contribution in [0.25, 0.3) is 0 Å². The molecule has 1 heterocycles. The molecule has 1 rings (SSSR count). The summed E-state index contributed by atoms with van der Waals surface area (Å²) in [4.78, 5) is 0. The van der Waals surface area contributed by atoms with Crippen LogP contribution in [-0.2, 0) is 9.09 Å². The molecule has 3 atom stereocenters. The van der Waals surface area contributed by atoms with Gasteiger partial charge >= 0.3 is 0 Å². The minimum absolute atomic E-state index is 0.0271. The molecular formula is C8H11O2P. The van der Waals surface area contributed by atoms with Crippen LogP contribution in [0.4, 0.5) is 0 Å². The Bertz CT molecular complexity index is 262. The van der Waals surface area contributed by atoms with Crippen molar-refractivity contribution in [2.45, 2.75) is 12.6 Å². The van der Waals surface area contributed by atoms with Crippen LogP contribution in [0.1, 0.15) is 6.92 Å². The highest BCUT2D eigenvalue weighted by atomic mass is 31.2. The Morgan fingerprint density at radius 1 is 1.73 bits per heavy atom. The van der Waals surface area contributed by atoms with E-state index in [1.165, 1.54) is 7.11 Å².